The molecule has 0 aliphatic carbocycles. The Morgan fingerprint density at radius 3 is 2.41 bits per heavy atom. The molecule has 0 radical (unpaired) electrons. The molecule has 3 rings (SSSR count). The Balaban J connectivity index is 0.00000261. The first kappa shape index (κ1) is 21.7. The van der Waals surface area contributed by atoms with Gasteiger partial charge in [-0.25, -0.2) is 8.42 Å². The molecule has 148 valence electrons. The molecule has 0 unspecified atom stereocenters. The number of nitrogens with two attached hydrogens (primary N) is 1. The second-order valence-corrected chi connectivity index (χ2v) is 8.20. The number of rotatable bonds is 7. The first-order valence-electron chi connectivity index (χ1n) is 8.55. The van der Waals surface area contributed by atoms with Crippen LogP contribution in [0.15, 0.2) is 59.5 Å². The van der Waals surface area contributed by atoms with Gasteiger partial charge in [-0.15, -0.1) is 12.4 Å². The van der Waals surface area contributed by atoms with E-state index in [1.807, 2.05) is 30.3 Å². The molecule has 8 heteroatoms. The van der Waals surface area contributed by atoms with Gasteiger partial charge in [0.2, 0.25) is 10.0 Å². The molecular formula is C19H25ClN2O4S. The molecule has 1 aliphatic heterocycles. The molecule has 2 atom stereocenters. The van der Waals surface area contributed by atoms with E-state index in [1.165, 1.54) is 4.31 Å². The van der Waals surface area contributed by atoms with Crippen molar-refractivity contribution in [3.05, 3.63) is 60.2 Å². The minimum Gasteiger partial charge on any atom is -0.490 e. The van der Waals surface area contributed by atoms with E-state index in [-0.39, 0.29) is 42.4 Å². The Morgan fingerprint density at radius 2 is 1.70 bits per heavy atom. The van der Waals surface area contributed by atoms with Gasteiger partial charge in [0.1, 0.15) is 17.3 Å². The average molecular weight is 413 g/mol. The van der Waals surface area contributed by atoms with Crippen LogP contribution in [-0.2, 0) is 14.8 Å². The van der Waals surface area contributed by atoms with Gasteiger partial charge in [-0.3, -0.25) is 0 Å². The summed E-state index contributed by atoms with van der Waals surface area (Å²) in [6, 6.07) is 16.2. The molecule has 6 nitrogen and oxygen atoms in total. The van der Waals surface area contributed by atoms with E-state index in [2.05, 4.69) is 0 Å². The number of halogens is 1. The molecule has 2 aromatic rings. The molecule has 0 saturated carbocycles. The summed E-state index contributed by atoms with van der Waals surface area (Å²) in [6.45, 7) is 1.32. The number of methoxy groups -OCH3 is 1. The van der Waals surface area contributed by atoms with E-state index in [0.717, 1.165) is 5.56 Å². The third-order valence-electron chi connectivity index (χ3n) is 4.57. The Kier molecular flexibility index (Phi) is 7.64. The largest absolute Gasteiger partial charge is 0.490 e. The number of hydrogen-bond acceptors (Lipinski definition) is 5. The van der Waals surface area contributed by atoms with E-state index < -0.39 is 10.0 Å². The fourth-order valence-electron chi connectivity index (χ4n) is 3.20. The van der Waals surface area contributed by atoms with Gasteiger partial charge in [-0.1, -0.05) is 42.5 Å². The zero-order valence-electron chi connectivity index (χ0n) is 15.2. The average Bonchev–Trinajstić information content (AvgIpc) is 3.05. The minimum atomic E-state index is -3.69. The third-order valence-corrected chi connectivity index (χ3v) is 6.44. The molecule has 0 bridgehead atoms. The van der Waals surface area contributed by atoms with E-state index in [1.54, 1.807) is 31.4 Å². The highest BCUT2D eigenvalue weighted by Crippen LogP contribution is 2.33. The van der Waals surface area contributed by atoms with Gasteiger partial charge in [0.05, 0.1) is 6.61 Å². The number of para-hydroxylation sites is 1. The number of sulfonamides is 1. The van der Waals surface area contributed by atoms with Crippen LogP contribution in [0.5, 0.6) is 5.75 Å². The topological polar surface area (TPSA) is 81.9 Å². The third kappa shape index (κ3) is 4.80. The maximum absolute atomic E-state index is 13.2. The van der Waals surface area contributed by atoms with Crippen LogP contribution >= 0.6 is 12.4 Å². The zero-order valence-corrected chi connectivity index (χ0v) is 16.8. The number of nitrogens with zero attached hydrogens (tertiary/aromatic N) is 1. The van der Waals surface area contributed by atoms with Crippen LogP contribution < -0.4 is 10.5 Å². The van der Waals surface area contributed by atoms with Crippen molar-refractivity contribution in [2.24, 2.45) is 5.73 Å². The molecule has 2 aromatic carbocycles. The normalized spacial score (nSPS) is 20.2. The van der Waals surface area contributed by atoms with E-state index in [4.69, 9.17) is 15.2 Å². The maximum atomic E-state index is 13.2. The second-order valence-electron chi connectivity index (χ2n) is 6.29. The van der Waals surface area contributed by atoms with Gasteiger partial charge in [-0.05, 0) is 17.7 Å². The lowest BCUT2D eigenvalue weighted by molar-refractivity contribution is 0.144. The van der Waals surface area contributed by atoms with Gasteiger partial charge >= 0.3 is 0 Å². The summed E-state index contributed by atoms with van der Waals surface area (Å²) in [4.78, 5) is 0.164. The smallest absolute Gasteiger partial charge is 0.246 e. The summed E-state index contributed by atoms with van der Waals surface area (Å²) >= 11 is 0. The first-order chi connectivity index (χ1) is 12.5. The summed E-state index contributed by atoms with van der Waals surface area (Å²) in [6.07, 6.45) is 0. The van der Waals surface area contributed by atoms with Crippen molar-refractivity contribution in [3.63, 3.8) is 0 Å². The predicted octanol–water partition coefficient (Wildman–Crippen LogP) is 2.25. The fraction of sp³-hybridized carbons (Fsp3) is 0.368. The van der Waals surface area contributed by atoms with Crippen molar-refractivity contribution in [3.8, 4) is 5.75 Å². The highest BCUT2D eigenvalue weighted by molar-refractivity contribution is 7.89. The summed E-state index contributed by atoms with van der Waals surface area (Å²) in [7, 11) is -2.12. The summed E-state index contributed by atoms with van der Waals surface area (Å²) in [5, 5.41) is 0. The van der Waals surface area contributed by atoms with Crippen molar-refractivity contribution in [1.82, 2.24) is 4.31 Å². The van der Waals surface area contributed by atoms with Crippen molar-refractivity contribution >= 4 is 22.4 Å². The van der Waals surface area contributed by atoms with Crippen molar-refractivity contribution in [2.45, 2.75) is 16.9 Å². The molecular weight excluding hydrogens is 388 g/mol. The molecule has 1 saturated heterocycles. The lowest BCUT2D eigenvalue weighted by Crippen LogP contribution is -2.32. The summed E-state index contributed by atoms with van der Waals surface area (Å²) in [5.41, 5.74) is 7.32. The van der Waals surface area contributed by atoms with E-state index in [0.29, 0.717) is 18.9 Å². The highest BCUT2D eigenvalue weighted by Gasteiger charge is 2.39. The summed E-state index contributed by atoms with van der Waals surface area (Å²) in [5.74, 6) is 0.314. The van der Waals surface area contributed by atoms with Crippen molar-refractivity contribution in [2.75, 3.05) is 33.4 Å². The lowest BCUT2D eigenvalue weighted by atomic mass is 9.95. The van der Waals surface area contributed by atoms with E-state index in [9.17, 15) is 8.42 Å². The van der Waals surface area contributed by atoms with Crippen LogP contribution in [0.3, 0.4) is 0 Å². The Hall–Kier alpha value is -1.64. The number of hydrogen-bond donors (Lipinski definition) is 1. The Bertz CT molecular complexity index is 833. The molecule has 1 fully saturated rings. The second kappa shape index (κ2) is 9.52. The van der Waals surface area contributed by atoms with Crippen LogP contribution in [-0.4, -0.2) is 52.2 Å². The van der Waals surface area contributed by atoms with Crippen LogP contribution in [0.2, 0.25) is 0 Å². The zero-order chi connectivity index (χ0) is 18.6. The molecule has 0 spiro atoms. The van der Waals surface area contributed by atoms with Crippen LogP contribution in [0, 0.1) is 0 Å². The van der Waals surface area contributed by atoms with Gasteiger partial charge in [-0.2, -0.15) is 4.31 Å². The highest BCUT2D eigenvalue weighted by atomic mass is 35.5. The number of benzene rings is 2. The number of ether oxygens (including phenoxy) is 2. The molecule has 0 aromatic heterocycles. The van der Waals surface area contributed by atoms with Crippen LogP contribution in [0.1, 0.15) is 11.5 Å². The van der Waals surface area contributed by atoms with Crippen LogP contribution in [0.4, 0.5) is 0 Å². The van der Waals surface area contributed by atoms with Gasteiger partial charge in [0.15, 0.2) is 0 Å². The lowest BCUT2D eigenvalue weighted by Gasteiger charge is -2.19. The van der Waals surface area contributed by atoms with E-state index >= 15 is 0 Å². The molecule has 1 heterocycles. The monoisotopic (exact) mass is 412 g/mol. The maximum Gasteiger partial charge on any atom is 0.246 e. The molecule has 27 heavy (non-hydrogen) atoms. The predicted molar refractivity (Wildman–Crippen MR) is 107 cm³/mol. The van der Waals surface area contributed by atoms with Crippen molar-refractivity contribution < 1.29 is 17.9 Å². The van der Waals surface area contributed by atoms with Gasteiger partial charge in [0, 0.05) is 32.2 Å². The van der Waals surface area contributed by atoms with Gasteiger partial charge < -0.3 is 15.2 Å². The Labute approximate surface area is 166 Å². The molecule has 2 N–H and O–H groups in total. The first-order valence-corrected chi connectivity index (χ1v) is 9.99. The van der Waals surface area contributed by atoms with Gasteiger partial charge in [0.25, 0.3) is 0 Å². The minimum absolute atomic E-state index is 0. The van der Waals surface area contributed by atoms with Crippen molar-refractivity contribution in [1.29, 1.82) is 0 Å². The fourth-order valence-corrected chi connectivity index (χ4v) is 4.83. The van der Waals surface area contributed by atoms with Crippen LogP contribution in [0.25, 0.3) is 0 Å². The Morgan fingerprint density at radius 1 is 1.04 bits per heavy atom. The standard InChI is InChI=1S/C19H24N2O4S.ClH/c1-24-11-12-25-18-9-5-6-10-19(18)26(22,23)21-13-16(17(20)14-21)15-7-3-2-4-8-15;/h2-10,16-17H,11-14,20H2,1H3;1H/t16-,17+;/m0./s1. The molecule has 0 amide bonds. The molecule has 1 aliphatic rings. The quantitative estimate of drug-likeness (QED) is 0.705. The summed E-state index contributed by atoms with van der Waals surface area (Å²) < 4.78 is 38.4. The SMILES string of the molecule is COCCOc1ccccc1S(=O)(=O)N1C[C@@H](N)[C@H](c2ccccc2)C1.Cl.